The van der Waals surface area contributed by atoms with E-state index in [0.717, 1.165) is 43.5 Å². The third-order valence-corrected chi connectivity index (χ3v) is 22.6. The van der Waals surface area contributed by atoms with Gasteiger partial charge in [0.25, 0.3) is 0 Å². The molecule has 0 amide bonds. The van der Waals surface area contributed by atoms with Crippen molar-refractivity contribution in [1.29, 1.82) is 5.26 Å². The summed E-state index contributed by atoms with van der Waals surface area (Å²) < 4.78 is 38.1. The van der Waals surface area contributed by atoms with Gasteiger partial charge in [-0.25, -0.2) is 0 Å². The van der Waals surface area contributed by atoms with Crippen LogP contribution in [0.15, 0.2) is 18.2 Å². The SMILES string of the molecule is CCC[CH2][Sn]([CH2]CCC)([CH2]CCC)[c]1nn(CCCN2CC(C#N)C2)c2ccc(OC(F)F)cc12. The van der Waals surface area contributed by atoms with Crippen molar-refractivity contribution in [1.82, 2.24) is 14.7 Å². The van der Waals surface area contributed by atoms with E-state index in [-0.39, 0.29) is 11.7 Å². The second-order valence-corrected chi connectivity index (χ2v) is 23.1. The van der Waals surface area contributed by atoms with Gasteiger partial charge in [-0.05, 0) is 0 Å². The summed E-state index contributed by atoms with van der Waals surface area (Å²) in [4.78, 5) is 2.32. The first kappa shape index (κ1) is 28.2. The van der Waals surface area contributed by atoms with Crippen LogP contribution in [0.25, 0.3) is 10.9 Å². The van der Waals surface area contributed by atoms with E-state index in [1.165, 1.54) is 55.5 Å². The normalized spacial score (nSPS) is 15.0. The fourth-order valence-corrected chi connectivity index (χ4v) is 21.6. The van der Waals surface area contributed by atoms with E-state index in [2.05, 4.69) is 36.4 Å². The van der Waals surface area contributed by atoms with Gasteiger partial charge >= 0.3 is 214 Å². The average Bonchev–Trinajstić information content (AvgIpc) is 3.18. The molecule has 1 fully saturated rings. The number of ether oxygens (including phenoxy) is 1. The van der Waals surface area contributed by atoms with Crippen molar-refractivity contribution in [2.24, 2.45) is 5.92 Å². The summed E-state index contributed by atoms with van der Waals surface area (Å²) in [6, 6.07) is 7.75. The molecule has 35 heavy (non-hydrogen) atoms. The fourth-order valence-electron chi connectivity index (χ4n) is 5.45. The molecule has 0 radical (unpaired) electrons. The molecule has 0 bridgehead atoms. The maximum atomic E-state index is 13.0. The molecule has 1 saturated heterocycles. The third-order valence-electron chi connectivity index (χ3n) is 7.46. The van der Waals surface area contributed by atoms with Crippen LogP contribution in [0.1, 0.15) is 65.7 Å². The van der Waals surface area contributed by atoms with Crippen LogP contribution < -0.4 is 8.45 Å². The van der Waals surface area contributed by atoms with Gasteiger partial charge in [0.1, 0.15) is 0 Å². The Morgan fingerprint density at radius 2 is 1.66 bits per heavy atom. The Kier molecular flexibility index (Phi) is 11.1. The van der Waals surface area contributed by atoms with E-state index in [1.807, 2.05) is 12.1 Å². The zero-order valence-corrected chi connectivity index (χ0v) is 24.6. The van der Waals surface area contributed by atoms with Crippen molar-refractivity contribution < 1.29 is 13.5 Å². The van der Waals surface area contributed by atoms with Gasteiger partial charge in [-0.2, -0.15) is 0 Å². The van der Waals surface area contributed by atoms with E-state index >= 15 is 0 Å². The topological polar surface area (TPSA) is 54.1 Å². The number of aryl methyl sites for hydroxylation is 1. The van der Waals surface area contributed by atoms with Crippen molar-refractivity contribution in [2.75, 3.05) is 19.6 Å². The molecule has 0 N–H and O–H groups in total. The molecule has 5 nitrogen and oxygen atoms in total. The minimum atomic E-state index is -2.90. The van der Waals surface area contributed by atoms with Crippen molar-refractivity contribution in [3.05, 3.63) is 18.2 Å². The zero-order valence-electron chi connectivity index (χ0n) is 21.7. The Balaban J connectivity index is 1.97. The predicted molar refractivity (Wildman–Crippen MR) is 141 cm³/mol. The number of halogens is 2. The van der Waals surface area contributed by atoms with Crippen molar-refractivity contribution in [3.63, 3.8) is 0 Å². The molecule has 8 heteroatoms. The van der Waals surface area contributed by atoms with Gasteiger partial charge in [0.2, 0.25) is 0 Å². The Morgan fingerprint density at radius 3 is 2.20 bits per heavy atom. The summed E-state index contributed by atoms with van der Waals surface area (Å²) >= 11 is -2.90. The van der Waals surface area contributed by atoms with E-state index in [4.69, 9.17) is 15.1 Å². The molecule has 3 rings (SSSR count). The number of fused-ring (bicyclic) bond motifs is 1. The van der Waals surface area contributed by atoms with Crippen LogP contribution in [0.2, 0.25) is 13.3 Å². The number of hydrogen-bond acceptors (Lipinski definition) is 4. The Bertz CT molecular complexity index is 946. The summed E-state index contributed by atoms with van der Waals surface area (Å²) in [5.41, 5.74) is 1.05. The number of unbranched alkanes of at least 4 members (excludes halogenated alkanes) is 3. The van der Waals surface area contributed by atoms with Crippen LogP contribution in [0, 0.1) is 17.2 Å². The van der Waals surface area contributed by atoms with Gasteiger partial charge in [-0.15, -0.1) is 0 Å². The van der Waals surface area contributed by atoms with Crippen molar-refractivity contribution in [3.8, 4) is 11.8 Å². The van der Waals surface area contributed by atoms with E-state index in [1.54, 1.807) is 6.07 Å². The second-order valence-electron chi connectivity index (χ2n) is 10.2. The maximum absolute atomic E-state index is 13.0. The van der Waals surface area contributed by atoms with Gasteiger partial charge in [-0.3, -0.25) is 0 Å². The first-order chi connectivity index (χ1) is 17.0. The first-order valence-corrected chi connectivity index (χ1v) is 21.0. The molecule has 1 aromatic heterocycles. The van der Waals surface area contributed by atoms with Crippen LogP contribution in [0.4, 0.5) is 8.78 Å². The van der Waals surface area contributed by atoms with E-state index in [9.17, 15) is 8.78 Å². The van der Waals surface area contributed by atoms with Crippen LogP contribution >= 0.6 is 0 Å². The molecule has 1 aliphatic rings. The van der Waals surface area contributed by atoms with Gasteiger partial charge in [0, 0.05) is 0 Å². The van der Waals surface area contributed by atoms with Gasteiger partial charge in [0.05, 0.1) is 0 Å². The molecule has 2 heterocycles. The second kappa shape index (κ2) is 13.8. The Morgan fingerprint density at radius 1 is 1.03 bits per heavy atom. The number of hydrogen-bond donors (Lipinski definition) is 0. The first-order valence-electron chi connectivity index (χ1n) is 13.5. The molecule has 1 aliphatic heterocycles. The number of nitriles is 1. The molecule has 0 unspecified atom stereocenters. The molecular weight excluding hydrogens is 553 g/mol. The molecule has 0 atom stereocenters. The molecule has 194 valence electrons. The van der Waals surface area contributed by atoms with Gasteiger partial charge in [-0.1, -0.05) is 0 Å². The summed E-state index contributed by atoms with van der Waals surface area (Å²) in [5.74, 6) is 0.406. The van der Waals surface area contributed by atoms with E-state index in [0.29, 0.717) is 0 Å². The predicted octanol–water partition coefficient (Wildman–Crippen LogP) is 6.54. The molecule has 1 aromatic carbocycles. The number of aromatic nitrogens is 2. The number of rotatable bonds is 16. The standard InChI is InChI=1S/C15H15F2N4O.3C4H9.Sn/c16-15(17)22-13-2-3-14-12(6-13)8-19-21(14)5-1-4-20-9-11(7-18)10-20;3*1-3-4-2;/h2-3,6,11,15H,1,4-5,9-10H2;3*1,3-4H2,2H3;. The zero-order chi connectivity index (χ0) is 25.3. The van der Waals surface area contributed by atoms with E-state index < -0.39 is 25.0 Å². The van der Waals surface area contributed by atoms with Gasteiger partial charge < -0.3 is 0 Å². The average molecular weight is 595 g/mol. The third kappa shape index (κ3) is 7.31. The Labute approximate surface area is 213 Å². The van der Waals surface area contributed by atoms with Crippen LogP contribution in [-0.2, 0) is 6.54 Å². The summed E-state index contributed by atoms with van der Waals surface area (Å²) in [6.07, 6.45) is 8.16. The molecule has 2 aromatic rings. The summed E-state index contributed by atoms with van der Waals surface area (Å²) in [5, 5.41) is 15.4. The van der Waals surface area contributed by atoms with Crippen molar-refractivity contribution >= 4 is 33.0 Å². The quantitative estimate of drug-likeness (QED) is 0.207. The van der Waals surface area contributed by atoms with Crippen LogP contribution in [0.5, 0.6) is 5.75 Å². The van der Waals surface area contributed by atoms with Crippen LogP contribution in [-0.4, -0.2) is 59.3 Å². The van der Waals surface area contributed by atoms with Gasteiger partial charge in [0.15, 0.2) is 0 Å². The monoisotopic (exact) mass is 596 g/mol. The molecule has 0 saturated carbocycles. The Hall–Kier alpha value is -1.40. The number of benzene rings is 1. The number of alkyl halides is 2. The van der Waals surface area contributed by atoms with Crippen LogP contribution in [0.3, 0.4) is 0 Å². The summed E-state index contributed by atoms with van der Waals surface area (Å²) in [7, 11) is 0. The molecular formula is C27H42F2N4OSn. The van der Waals surface area contributed by atoms with Crippen molar-refractivity contribution in [2.45, 2.75) is 92.2 Å². The fraction of sp³-hybridized carbons (Fsp3) is 0.704. The number of likely N-dealkylation sites (tertiary alicyclic amines) is 1. The molecule has 0 aliphatic carbocycles. The number of nitrogens with zero attached hydrogens (tertiary/aromatic N) is 4. The summed E-state index contributed by atoms with van der Waals surface area (Å²) in [6.45, 7) is 7.43. The molecule has 0 spiro atoms. The minimum absolute atomic E-state index is 0.172.